The molecule has 17 heavy (non-hydrogen) atoms. The molecule has 0 aliphatic carbocycles. The third-order valence-electron chi connectivity index (χ3n) is 1.60. The topological polar surface area (TPSA) is 102 Å². The van der Waals surface area contributed by atoms with E-state index in [1.807, 2.05) is 0 Å². The third-order valence-corrected chi connectivity index (χ3v) is 1.60. The second-order valence-corrected chi connectivity index (χ2v) is 4.37. The van der Waals surface area contributed by atoms with Crippen LogP contribution in [0.25, 0.3) is 0 Å². The molecule has 0 unspecified atom stereocenters. The number of ether oxygens (including phenoxy) is 1. The molecule has 0 spiro atoms. The molecule has 0 bridgehead atoms. The van der Waals surface area contributed by atoms with Crippen molar-refractivity contribution in [3.05, 3.63) is 11.5 Å². The van der Waals surface area contributed by atoms with E-state index in [2.05, 4.69) is 10.3 Å². The molecule has 7 heteroatoms. The summed E-state index contributed by atoms with van der Waals surface area (Å²) in [5.41, 5.74) is -0.468. The molecular formula is C10H14N2O5. The van der Waals surface area contributed by atoms with E-state index in [0.29, 0.717) is 0 Å². The lowest BCUT2D eigenvalue weighted by Crippen LogP contribution is -2.27. The van der Waals surface area contributed by atoms with Crippen molar-refractivity contribution in [2.45, 2.75) is 33.3 Å². The Labute approximate surface area is 97.8 Å². The Bertz CT molecular complexity index is 444. The van der Waals surface area contributed by atoms with Gasteiger partial charge in [-0.25, -0.2) is 14.9 Å². The van der Waals surface area contributed by atoms with Crippen LogP contribution in [0.2, 0.25) is 0 Å². The van der Waals surface area contributed by atoms with Gasteiger partial charge in [0, 0.05) is 0 Å². The largest absolute Gasteiger partial charge is 0.475 e. The SMILES string of the molecule is Cc1nc(NC(=O)OC(C)(C)C)oc1C(=O)O. The number of carbonyl (C=O) groups excluding carboxylic acids is 1. The number of aryl methyl sites for hydroxylation is 1. The van der Waals surface area contributed by atoms with Crippen LogP contribution >= 0.6 is 0 Å². The molecule has 1 aromatic heterocycles. The van der Waals surface area contributed by atoms with Gasteiger partial charge < -0.3 is 14.3 Å². The predicted octanol–water partition coefficient (Wildman–Crippen LogP) is 2.03. The van der Waals surface area contributed by atoms with Crippen LogP contribution in [-0.4, -0.2) is 27.8 Å². The van der Waals surface area contributed by atoms with Crippen molar-refractivity contribution in [2.75, 3.05) is 5.32 Å². The zero-order valence-electron chi connectivity index (χ0n) is 10.0. The maximum Gasteiger partial charge on any atom is 0.415 e. The van der Waals surface area contributed by atoms with E-state index < -0.39 is 17.7 Å². The van der Waals surface area contributed by atoms with Gasteiger partial charge in [0.05, 0.1) is 5.69 Å². The normalized spacial score (nSPS) is 11.1. The minimum atomic E-state index is -1.24. The monoisotopic (exact) mass is 242 g/mol. The number of carboxylic acid groups (broad SMARTS) is 1. The Balaban J connectivity index is 2.73. The zero-order valence-corrected chi connectivity index (χ0v) is 10.0. The van der Waals surface area contributed by atoms with Crippen LogP contribution in [0.1, 0.15) is 37.0 Å². The molecule has 0 saturated carbocycles. The number of aromatic carboxylic acids is 1. The minimum Gasteiger partial charge on any atom is -0.475 e. The summed E-state index contributed by atoms with van der Waals surface area (Å²) in [5.74, 6) is -1.55. The lowest BCUT2D eigenvalue weighted by molar-refractivity contribution is 0.0619. The summed E-state index contributed by atoms with van der Waals surface area (Å²) >= 11 is 0. The highest BCUT2D eigenvalue weighted by molar-refractivity contribution is 5.87. The third kappa shape index (κ3) is 3.78. The summed E-state index contributed by atoms with van der Waals surface area (Å²) in [5, 5.41) is 10.9. The van der Waals surface area contributed by atoms with E-state index >= 15 is 0 Å². The molecule has 1 aromatic rings. The molecule has 1 amide bonds. The number of oxazole rings is 1. The van der Waals surface area contributed by atoms with E-state index in [4.69, 9.17) is 14.3 Å². The van der Waals surface area contributed by atoms with Gasteiger partial charge in [-0.05, 0) is 27.7 Å². The summed E-state index contributed by atoms with van der Waals surface area (Å²) < 4.78 is 9.79. The minimum absolute atomic E-state index is 0.184. The molecule has 0 aliphatic rings. The Kier molecular flexibility index (Phi) is 3.40. The number of nitrogens with zero attached hydrogens (tertiary/aromatic N) is 1. The molecule has 1 heterocycles. The summed E-state index contributed by atoms with van der Waals surface area (Å²) in [7, 11) is 0. The fraction of sp³-hybridized carbons (Fsp3) is 0.500. The number of hydrogen-bond donors (Lipinski definition) is 2. The van der Waals surface area contributed by atoms with E-state index in [-0.39, 0.29) is 17.5 Å². The van der Waals surface area contributed by atoms with Crippen molar-refractivity contribution in [3.8, 4) is 0 Å². The molecule has 2 N–H and O–H groups in total. The van der Waals surface area contributed by atoms with Gasteiger partial charge in [-0.2, -0.15) is 4.98 Å². The average Bonchev–Trinajstić information content (AvgIpc) is 2.42. The number of carboxylic acids is 1. The molecule has 0 fully saturated rings. The molecule has 0 aliphatic heterocycles. The number of nitrogens with one attached hydrogen (secondary N) is 1. The van der Waals surface area contributed by atoms with Crippen LogP contribution in [0.5, 0.6) is 0 Å². The smallest absolute Gasteiger partial charge is 0.415 e. The number of hydrogen-bond acceptors (Lipinski definition) is 5. The summed E-state index contributed by atoms with van der Waals surface area (Å²) in [6, 6.07) is -0.200. The molecule has 0 atom stereocenters. The molecule has 0 radical (unpaired) electrons. The fourth-order valence-corrected chi connectivity index (χ4v) is 1.04. The molecule has 1 rings (SSSR count). The van der Waals surface area contributed by atoms with Gasteiger partial charge in [0.2, 0.25) is 5.76 Å². The van der Waals surface area contributed by atoms with Crippen molar-refractivity contribution in [1.82, 2.24) is 4.98 Å². The summed E-state index contributed by atoms with van der Waals surface area (Å²) in [4.78, 5) is 25.8. The second-order valence-electron chi connectivity index (χ2n) is 4.37. The van der Waals surface area contributed by atoms with Crippen molar-refractivity contribution in [3.63, 3.8) is 0 Å². The maximum atomic E-state index is 11.3. The van der Waals surface area contributed by atoms with Crippen LogP contribution in [0.4, 0.5) is 10.8 Å². The fourth-order valence-electron chi connectivity index (χ4n) is 1.04. The van der Waals surface area contributed by atoms with Gasteiger partial charge in [-0.15, -0.1) is 0 Å². The molecule has 0 saturated heterocycles. The van der Waals surface area contributed by atoms with Crippen LogP contribution in [0.15, 0.2) is 4.42 Å². The van der Waals surface area contributed by atoms with Gasteiger partial charge in [0.15, 0.2) is 0 Å². The Morgan fingerprint density at radius 1 is 1.41 bits per heavy atom. The Morgan fingerprint density at radius 3 is 2.41 bits per heavy atom. The van der Waals surface area contributed by atoms with Gasteiger partial charge >= 0.3 is 18.1 Å². The second kappa shape index (κ2) is 4.44. The van der Waals surface area contributed by atoms with E-state index in [1.165, 1.54) is 6.92 Å². The van der Waals surface area contributed by atoms with Crippen LogP contribution in [0, 0.1) is 6.92 Å². The Hall–Kier alpha value is -2.05. The lowest BCUT2D eigenvalue weighted by Gasteiger charge is -2.18. The quantitative estimate of drug-likeness (QED) is 0.822. The van der Waals surface area contributed by atoms with Crippen molar-refractivity contribution >= 4 is 18.1 Å². The average molecular weight is 242 g/mol. The van der Waals surface area contributed by atoms with Crippen LogP contribution in [-0.2, 0) is 4.74 Å². The Morgan fingerprint density at radius 2 is 2.00 bits per heavy atom. The number of aromatic nitrogens is 1. The van der Waals surface area contributed by atoms with E-state index in [1.54, 1.807) is 20.8 Å². The van der Waals surface area contributed by atoms with Crippen LogP contribution in [0.3, 0.4) is 0 Å². The van der Waals surface area contributed by atoms with Crippen molar-refractivity contribution in [1.29, 1.82) is 0 Å². The molecular weight excluding hydrogens is 228 g/mol. The maximum absolute atomic E-state index is 11.3. The van der Waals surface area contributed by atoms with Gasteiger partial charge in [-0.3, -0.25) is 0 Å². The first kappa shape index (κ1) is 13.0. The molecule has 0 aromatic carbocycles. The molecule has 94 valence electrons. The van der Waals surface area contributed by atoms with Gasteiger partial charge in [0.25, 0.3) is 0 Å². The van der Waals surface area contributed by atoms with E-state index in [0.717, 1.165) is 0 Å². The number of anilines is 1. The number of rotatable bonds is 2. The highest BCUT2D eigenvalue weighted by atomic mass is 16.6. The predicted molar refractivity (Wildman–Crippen MR) is 58.1 cm³/mol. The zero-order chi connectivity index (χ0) is 13.2. The first-order valence-corrected chi connectivity index (χ1v) is 4.90. The summed E-state index contributed by atoms with van der Waals surface area (Å²) in [6.45, 7) is 6.58. The van der Waals surface area contributed by atoms with Crippen LogP contribution < -0.4 is 5.32 Å². The van der Waals surface area contributed by atoms with Gasteiger partial charge in [0.1, 0.15) is 5.60 Å². The highest BCUT2D eigenvalue weighted by Gasteiger charge is 2.20. The standard InChI is InChI=1S/C10H14N2O5/c1-5-6(7(13)14)16-8(11-5)12-9(15)17-10(2,3)4/h1-4H3,(H,13,14)(H,11,12,15). The molecule has 7 nitrogen and oxygen atoms in total. The van der Waals surface area contributed by atoms with Gasteiger partial charge in [-0.1, -0.05) is 0 Å². The highest BCUT2D eigenvalue weighted by Crippen LogP contribution is 2.15. The number of amides is 1. The summed E-state index contributed by atoms with van der Waals surface area (Å²) in [6.07, 6.45) is -0.754. The first-order chi connectivity index (χ1) is 7.69. The lowest BCUT2D eigenvalue weighted by atomic mass is 10.2. The number of carbonyl (C=O) groups is 2. The van der Waals surface area contributed by atoms with E-state index in [9.17, 15) is 9.59 Å². The first-order valence-electron chi connectivity index (χ1n) is 4.90. The van der Waals surface area contributed by atoms with Crippen molar-refractivity contribution < 1.29 is 23.8 Å². The van der Waals surface area contributed by atoms with Crippen molar-refractivity contribution in [2.24, 2.45) is 0 Å².